The first kappa shape index (κ1) is 17.0. The topological polar surface area (TPSA) is 12.0 Å². The Balaban J connectivity index is 2.32. The number of nitrogens with one attached hydrogen (secondary N) is 1. The molecule has 1 aliphatic carbocycles. The molecule has 0 aromatic rings. The van der Waals surface area contributed by atoms with Crippen LogP contribution in [0.1, 0.15) is 97.8 Å². The van der Waals surface area contributed by atoms with Crippen molar-refractivity contribution in [1.29, 1.82) is 0 Å². The summed E-state index contributed by atoms with van der Waals surface area (Å²) in [4.78, 5) is 0. The molecular weight excluding hydrogens is 230 g/mol. The van der Waals surface area contributed by atoms with Crippen LogP contribution in [0.15, 0.2) is 0 Å². The van der Waals surface area contributed by atoms with Crippen LogP contribution < -0.4 is 5.32 Å². The molecule has 1 saturated carbocycles. The highest BCUT2D eigenvalue weighted by atomic mass is 15.0. The monoisotopic (exact) mass is 267 g/mol. The molecule has 1 heteroatoms. The predicted octanol–water partition coefficient (Wildman–Crippen LogP) is 5.68. The van der Waals surface area contributed by atoms with Crippen LogP contribution in [0.5, 0.6) is 0 Å². The zero-order valence-electron chi connectivity index (χ0n) is 13.7. The average molecular weight is 268 g/mol. The van der Waals surface area contributed by atoms with E-state index in [-0.39, 0.29) is 0 Å². The second-order valence-corrected chi connectivity index (χ2v) is 6.72. The summed E-state index contributed by atoms with van der Waals surface area (Å²) in [6.45, 7) is 7.07. The van der Waals surface area contributed by atoms with E-state index in [1.54, 1.807) is 0 Å². The van der Waals surface area contributed by atoms with E-state index < -0.39 is 0 Å². The molecule has 1 rings (SSSR count). The SMILES string of the molecule is CCCCCC(CCCCC)NC1CCCCC1C. The zero-order chi connectivity index (χ0) is 13.9. The fourth-order valence-electron chi connectivity index (χ4n) is 3.46. The largest absolute Gasteiger partial charge is 0.311 e. The van der Waals surface area contributed by atoms with Gasteiger partial charge in [0.05, 0.1) is 0 Å². The maximum atomic E-state index is 4.02. The standard InChI is InChI=1S/C18H37N/c1-4-6-8-13-17(14-9-7-5-2)19-18-15-11-10-12-16(18)3/h16-19H,4-15H2,1-3H3. The molecule has 0 aromatic heterocycles. The predicted molar refractivity (Wildman–Crippen MR) is 86.6 cm³/mol. The van der Waals surface area contributed by atoms with E-state index in [4.69, 9.17) is 0 Å². The number of unbranched alkanes of at least 4 members (excludes halogenated alkanes) is 4. The summed E-state index contributed by atoms with van der Waals surface area (Å²) in [5, 5.41) is 4.02. The van der Waals surface area contributed by atoms with Crippen molar-refractivity contribution in [3.05, 3.63) is 0 Å². The molecule has 0 spiro atoms. The summed E-state index contributed by atoms with van der Waals surface area (Å²) in [5.41, 5.74) is 0. The Labute approximate surface area is 121 Å². The van der Waals surface area contributed by atoms with E-state index in [1.165, 1.54) is 77.0 Å². The molecule has 0 amide bonds. The van der Waals surface area contributed by atoms with Crippen LogP contribution in [0, 0.1) is 5.92 Å². The molecule has 0 radical (unpaired) electrons. The lowest BCUT2D eigenvalue weighted by Crippen LogP contribution is -2.43. The normalized spacial score (nSPS) is 24.0. The molecule has 1 aliphatic rings. The van der Waals surface area contributed by atoms with Crippen LogP contribution in [0.25, 0.3) is 0 Å². The molecule has 1 N–H and O–H groups in total. The second-order valence-electron chi connectivity index (χ2n) is 6.72. The van der Waals surface area contributed by atoms with Gasteiger partial charge in [0, 0.05) is 12.1 Å². The molecule has 0 bridgehead atoms. The third kappa shape index (κ3) is 7.34. The number of hydrogen-bond donors (Lipinski definition) is 1. The molecule has 19 heavy (non-hydrogen) atoms. The van der Waals surface area contributed by atoms with Gasteiger partial charge in [0.2, 0.25) is 0 Å². The number of rotatable bonds is 10. The van der Waals surface area contributed by atoms with E-state index in [2.05, 4.69) is 26.1 Å². The maximum Gasteiger partial charge on any atom is 0.00952 e. The minimum atomic E-state index is 0.795. The van der Waals surface area contributed by atoms with Crippen molar-refractivity contribution >= 4 is 0 Å². The first-order valence-electron chi connectivity index (χ1n) is 9.04. The van der Waals surface area contributed by atoms with Crippen LogP contribution in [-0.2, 0) is 0 Å². The molecule has 0 heterocycles. The lowest BCUT2D eigenvalue weighted by molar-refractivity contribution is 0.244. The van der Waals surface area contributed by atoms with Gasteiger partial charge in [-0.3, -0.25) is 0 Å². The summed E-state index contributed by atoms with van der Waals surface area (Å²) in [5.74, 6) is 0.897. The summed E-state index contributed by atoms with van der Waals surface area (Å²) in [6, 6.07) is 1.60. The fourth-order valence-corrected chi connectivity index (χ4v) is 3.46. The van der Waals surface area contributed by atoms with E-state index in [9.17, 15) is 0 Å². The summed E-state index contributed by atoms with van der Waals surface area (Å²) >= 11 is 0. The van der Waals surface area contributed by atoms with Gasteiger partial charge in [0.1, 0.15) is 0 Å². The second kappa shape index (κ2) is 10.7. The Morgan fingerprint density at radius 3 is 2.00 bits per heavy atom. The van der Waals surface area contributed by atoms with E-state index in [0.717, 1.165) is 18.0 Å². The lowest BCUT2D eigenvalue weighted by atomic mass is 9.85. The number of hydrogen-bond acceptors (Lipinski definition) is 1. The molecule has 0 aromatic carbocycles. The Bertz CT molecular complexity index is 192. The Morgan fingerprint density at radius 1 is 0.895 bits per heavy atom. The molecule has 0 aliphatic heterocycles. The van der Waals surface area contributed by atoms with Gasteiger partial charge in [-0.15, -0.1) is 0 Å². The van der Waals surface area contributed by atoms with Crippen LogP contribution in [0.2, 0.25) is 0 Å². The van der Waals surface area contributed by atoms with Gasteiger partial charge in [-0.2, -0.15) is 0 Å². The maximum absolute atomic E-state index is 4.02. The Kier molecular flexibility index (Phi) is 9.59. The average Bonchev–Trinajstić information content (AvgIpc) is 2.41. The van der Waals surface area contributed by atoms with E-state index in [0.29, 0.717) is 0 Å². The Morgan fingerprint density at radius 2 is 1.47 bits per heavy atom. The van der Waals surface area contributed by atoms with Crippen molar-refractivity contribution in [1.82, 2.24) is 5.32 Å². The molecular formula is C18H37N. The summed E-state index contributed by atoms with van der Waals surface area (Å²) in [6.07, 6.45) is 16.9. The molecule has 114 valence electrons. The van der Waals surface area contributed by atoms with Crippen molar-refractivity contribution in [2.45, 2.75) is 110 Å². The van der Waals surface area contributed by atoms with Crippen molar-refractivity contribution in [3.63, 3.8) is 0 Å². The van der Waals surface area contributed by atoms with E-state index >= 15 is 0 Å². The molecule has 2 unspecified atom stereocenters. The first-order valence-corrected chi connectivity index (χ1v) is 9.04. The van der Waals surface area contributed by atoms with Crippen molar-refractivity contribution < 1.29 is 0 Å². The highest BCUT2D eigenvalue weighted by molar-refractivity contribution is 4.81. The van der Waals surface area contributed by atoms with Crippen LogP contribution >= 0.6 is 0 Å². The summed E-state index contributed by atoms with van der Waals surface area (Å²) < 4.78 is 0. The van der Waals surface area contributed by atoms with Gasteiger partial charge < -0.3 is 5.32 Å². The van der Waals surface area contributed by atoms with Crippen LogP contribution in [0.4, 0.5) is 0 Å². The van der Waals surface area contributed by atoms with Crippen molar-refractivity contribution in [2.75, 3.05) is 0 Å². The molecule has 1 nitrogen and oxygen atoms in total. The highest BCUT2D eigenvalue weighted by Gasteiger charge is 2.23. The summed E-state index contributed by atoms with van der Waals surface area (Å²) in [7, 11) is 0. The van der Waals surface area contributed by atoms with Crippen molar-refractivity contribution in [3.8, 4) is 0 Å². The van der Waals surface area contributed by atoms with E-state index in [1.807, 2.05) is 0 Å². The molecule has 2 atom stereocenters. The smallest absolute Gasteiger partial charge is 0.00952 e. The van der Waals surface area contributed by atoms with Gasteiger partial charge in [-0.05, 0) is 31.6 Å². The lowest BCUT2D eigenvalue weighted by Gasteiger charge is -2.33. The highest BCUT2D eigenvalue weighted by Crippen LogP contribution is 2.25. The van der Waals surface area contributed by atoms with Gasteiger partial charge in [0.25, 0.3) is 0 Å². The van der Waals surface area contributed by atoms with Crippen molar-refractivity contribution in [2.24, 2.45) is 5.92 Å². The van der Waals surface area contributed by atoms with Gasteiger partial charge in [-0.25, -0.2) is 0 Å². The molecule has 0 saturated heterocycles. The van der Waals surface area contributed by atoms with Gasteiger partial charge >= 0.3 is 0 Å². The van der Waals surface area contributed by atoms with Gasteiger partial charge in [-0.1, -0.05) is 72.1 Å². The third-order valence-electron chi connectivity index (χ3n) is 4.87. The molecule has 1 fully saturated rings. The van der Waals surface area contributed by atoms with Crippen LogP contribution in [0.3, 0.4) is 0 Å². The van der Waals surface area contributed by atoms with Gasteiger partial charge in [0.15, 0.2) is 0 Å². The minimum Gasteiger partial charge on any atom is -0.311 e. The third-order valence-corrected chi connectivity index (χ3v) is 4.87. The Hall–Kier alpha value is -0.0400. The zero-order valence-corrected chi connectivity index (χ0v) is 13.7. The van der Waals surface area contributed by atoms with Crippen LogP contribution in [-0.4, -0.2) is 12.1 Å². The first-order chi connectivity index (χ1) is 9.27. The quantitative estimate of drug-likeness (QED) is 0.502. The fraction of sp³-hybridized carbons (Fsp3) is 1.00. The minimum absolute atomic E-state index is 0.795.